The van der Waals surface area contributed by atoms with Gasteiger partial charge < -0.3 is 10.6 Å². The lowest BCUT2D eigenvalue weighted by Crippen LogP contribution is -2.29. The molecule has 0 heterocycles. The predicted octanol–water partition coefficient (Wildman–Crippen LogP) is 1.57. The van der Waals surface area contributed by atoms with E-state index >= 15 is 0 Å². The van der Waals surface area contributed by atoms with Gasteiger partial charge in [-0.3, -0.25) is 9.59 Å². The standard InChI is InChI=1S/C12H17FN2O2/c1-4-6-7-10(9(13)5-2)15-12(17)8-11(16)14-3/h4-7H,8H2,1-3H3,(H,14,16)(H,15,17)/b6-4-,9-5+,10-7+. The molecule has 0 aliphatic heterocycles. The third-order valence-corrected chi connectivity index (χ3v) is 1.84. The van der Waals surface area contributed by atoms with Crippen molar-refractivity contribution < 1.29 is 14.0 Å². The second-order valence-electron chi connectivity index (χ2n) is 3.14. The minimum atomic E-state index is -0.558. The second-order valence-corrected chi connectivity index (χ2v) is 3.14. The first-order valence-corrected chi connectivity index (χ1v) is 5.20. The maximum Gasteiger partial charge on any atom is 0.233 e. The molecule has 4 nitrogen and oxygen atoms in total. The summed E-state index contributed by atoms with van der Waals surface area (Å²) in [6.07, 6.45) is 5.62. The van der Waals surface area contributed by atoms with E-state index in [1.807, 2.05) is 0 Å². The molecule has 0 aromatic heterocycles. The molecular weight excluding hydrogens is 223 g/mol. The van der Waals surface area contributed by atoms with Crippen molar-refractivity contribution in [3.8, 4) is 0 Å². The first kappa shape index (κ1) is 15.1. The molecule has 2 N–H and O–H groups in total. The average molecular weight is 240 g/mol. The second kappa shape index (κ2) is 8.27. The molecule has 0 aromatic rings. The summed E-state index contributed by atoms with van der Waals surface area (Å²) in [6.45, 7) is 3.29. The Kier molecular flexibility index (Phi) is 7.34. The molecule has 0 saturated carbocycles. The predicted molar refractivity (Wildman–Crippen MR) is 64.6 cm³/mol. The number of nitrogens with one attached hydrogen (secondary N) is 2. The highest BCUT2D eigenvalue weighted by Crippen LogP contribution is 2.08. The monoisotopic (exact) mass is 240 g/mol. The van der Waals surface area contributed by atoms with E-state index in [-0.39, 0.29) is 12.1 Å². The van der Waals surface area contributed by atoms with Gasteiger partial charge in [0.15, 0.2) is 0 Å². The summed E-state index contributed by atoms with van der Waals surface area (Å²) in [5.41, 5.74) is 0.0412. The Morgan fingerprint density at radius 3 is 2.35 bits per heavy atom. The van der Waals surface area contributed by atoms with E-state index in [1.54, 1.807) is 19.1 Å². The highest BCUT2D eigenvalue weighted by molar-refractivity contribution is 5.97. The van der Waals surface area contributed by atoms with Crippen LogP contribution in [0.4, 0.5) is 4.39 Å². The van der Waals surface area contributed by atoms with Crippen molar-refractivity contribution in [1.82, 2.24) is 10.6 Å². The zero-order valence-corrected chi connectivity index (χ0v) is 10.2. The average Bonchev–Trinajstić information content (AvgIpc) is 2.33. The van der Waals surface area contributed by atoms with Crippen LogP contribution in [0.2, 0.25) is 0 Å². The van der Waals surface area contributed by atoms with Crippen LogP contribution in [0.15, 0.2) is 35.8 Å². The number of amides is 2. The van der Waals surface area contributed by atoms with Crippen molar-refractivity contribution in [1.29, 1.82) is 0 Å². The van der Waals surface area contributed by atoms with Crippen molar-refractivity contribution in [2.24, 2.45) is 0 Å². The minimum Gasteiger partial charge on any atom is -0.359 e. The van der Waals surface area contributed by atoms with Gasteiger partial charge in [0, 0.05) is 7.05 Å². The van der Waals surface area contributed by atoms with Crippen molar-refractivity contribution in [3.05, 3.63) is 35.8 Å². The summed E-state index contributed by atoms with van der Waals surface area (Å²) in [5, 5.41) is 4.65. The summed E-state index contributed by atoms with van der Waals surface area (Å²) in [4.78, 5) is 22.3. The molecule has 0 fully saturated rings. The number of hydrogen-bond donors (Lipinski definition) is 2. The number of carbonyl (C=O) groups is 2. The molecule has 0 bridgehead atoms. The van der Waals surface area contributed by atoms with Crippen molar-refractivity contribution in [2.75, 3.05) is 7.05 Å². The molecule has 2 amide bonds. The number of hydrogen-bond acceptors (Lipinski definition) is 2. The quantitative estimate of drug-likeness (QED) is 0.566. The summed E-state index contributed by atoms with van der Waals surface area (Å²) < 4.78 is 13.3. The molecule has 5 heteroatoms. The number of halogens is 1. The summed E-state index contributed by atoms with van der Waals surface area (Å²) in [5.74, 6) is -1.53. The lowest BCUT2D eigenvalue weighted by molar-refractivity contribution is -0.128. The zero-order valence-electron chi connectivity index (χ0n) is 10.2. The molecule has 0 spiro atoms. The Balaban J connectivity index is 4.66. The van der Waals surface area contributed by atoms with Gasteiger partial charge in [0.25, 0.3) is 0 Å². The summed E-state index contributed by atoms with van der Waals surface area (Å²) in [7, 11) is 1.43. The van der Waals surface area contributed by atoms with Gasteiger partial charge in [0.2, 0.25) is 11.8 Å². The molecule has 0 saturated heterocycles. The van der Waals surface area contributed by atoms with Crippen LogP contribution >= 0.6 is 0 Å². The number of allylic oxidation sites excluding steroid dienone is 5. The van der Waals surface area contributed by atoms with Crippen LogP contribution in [0.3, 0.4) is 0 Å². The number of carbonyl (C=O) groups excluding carboxylic acids is 2. The van der Waals surface area contributed by atoms with Crippen molar-refractivity contribution in [3.63, 3.8) is 0 Å². The lowest BCUT2D eigenvalue weighted by Gasteiger charge is -2.06. The van der Waals surface area contributed by atoms with Gasteiger partial charge in [-0.15, -0.1) is 0 Å². The van der Waals surface area contributed by atoms with Gasteiger partial charge in [-0.25, -0.2) is 4.39 Å². The van der Waals surface area contributed by atoms with E-state index < -0.39 is 17.6 Å². The molecule has 0 radical (unpaired) electrons. The van der Waals surface area contributed by atoms with Gasteiger partial charge >= 0.3 is 0 Å². The maximum atomic E-state index is 13.3. The highest BCUT2D eigenvalue weighted by Gasteiger charge is 2.11. The first-order valence-electron chi connectivity index (χ1n) is 5.20. The Labute approximate surface area is 100 Å². The normalized spacial score (nSPS) is 12.7. The first-order chi connectivity index (χ1) is 8.04. The lowest BCUT2D eigenvalue weighted by atomic mass is 10.3. The summed E-state index contributed by atoms with van der Waals surface area (Å²) >= 11 is 0. The fourth-order valence-electron chi connectivity index (χ4n) is 0.958. The van der Waals surface area contributed by atoms with Crippen LogP contribution in [0, 0.1) is 0 Å². The number of rotatable bonds is 5. The van der Waals surface area contributed by atoms with Gasteiger partial charge in [-0.2, -0.15) is 0 Å². The smallest absolute Gasteiger partial charge is 0.233 e. The molecular formula is C12H17FN2O2. The maximum absolute atomic E-state index is 13.3. The van der Waals surface area contributed by atoms with Gasteiger partial charge in [-0.1, -0.05) is 12.2 Å². The van der Waals surface area contributed by atoms with Crippen LogP contribution in [-0.4, -0.2) is 18.9 Å². The van der Waals surface area contributed by atoms with E-state index in [0.717, 1.165) is 0 Å². The zero-order chi connectivity index (χ0) is 13.3. The topological polar surface area (TPSA) is 58.2 Å². The molecule has 0 aliphatic rings. The Bertz CT molecular complexity index is 371. The van der Waals surface area contributed by atoms with Gasteiger partial charge in [-0.05, 0) is 26.0 Å². The molecule has 0 rings (SSSR count). The molecule has 0 aromatic carbocycles. The molecule has 94 valence electrons. The SMILES string of the molecule is C\C=C/C=C(NC(=O)CC(=O)NC)\C(F)=C/C. The largest absolute Gasteiger partial charge is 0.359 e. The van der Waals surface area contributed by atoms with E-state index in [1.165, 1.54) is 26.1 Å². The van der Waals surface area contributed by atoms with E-state index in [2.05, 4.69) is 10.6 Å². The van der Waals surface area contributed by atoms with Gasteiger partial charge in [0.05, 0.1) is 5.70 Å². The Morgan fingerprint density at radius 2 is 1.88 bits per heavy atom. The van der Waals surface area contributed by atoms with E-state index in [4.69, 9.17) is 0 Å². The van der Waals surface area contributed by atoms with Crippen LogP contribution in [0.1, 0.15) is 20.3 Å². The van der Waals surface area contributed by atoms with Crippen LogP contribution in [-0.2, 0) is 9.59 Å². The van der Waals surface area contributed by atoms with Crippen LogP contribution in [0.5, 0.6) is 0 Å². The van der Waals surface area contributed by atoms with E-state index in [0.29, 0.717) is 0 Å². The van der Waals surface area contributed by atoms with E-state index in [9.17, 15) is 14.0 Å². The van der Waals surface area contributed by atoms with Crippen LogP contribution in [0.25, 0.3) is 0 Å². The molecule has 0 atom stereocenters. The van der Waals surface area contributed by atoms with Crippen molar-refractivity contribution in [2.45, 2.75) is 20.3 Å². The summed E-state index contributed by atoms with van der Waals surface area (Å²) in [6, 6.07) is 0. The molecule has 0 unspecified atom stereocenters. The fraction of sp³-hybridized carbons (Fsp3) is 0.333. The Morgan fingerprint density at radius 1 is 1.24 bits per heavy atom. The Hall–Kier alpha value is -1.91. The van der Waals surface area contributed by atoms with Crippen LogP contribution < -0.4 is 10.6 Å². The fourth-order valence-corrected chi connectivity index (χ4v) is 0.958. The van der Waals surface area contributed by atoms with Gasteiger partial charge in [0.1, 0.15) is 12.2 Å². The molecule has 0 aliphatic carbocycles. The van der Waals surface area contributed by atoms with Crippen molar-refractivity contribution >= 4 is 11.8 Å². The minimum absolute atomic E-state index is 0.0412. The highest BCUT2D eigenvalue weighted by atomic mass is 19.1. The third kappa shape index (κ3) is 6.29. The molecule has 17 heavy (non-hydrogen) atoms. The third-order valence-electron chi connectivity index (χ3n) is 1.84.